The summed E-state index contributed by atoms with van der Waals surface area (Å²) in [4.78, 5) is 24.2. The van der Waals surface area contributed by atoms with Gasteiger partial charge in [-0.05, 0) is 35.7 Å². The van der Waals surface area contributed by atoms with Crippen molar-refractivity contribution in [3.63, 3.8) is 0 Å². The van der Waals surface area contributed by atoms with Crippen molar-refractivity contribution < 1.29 is 23.1 Å². The summed E-state index contributed by atoms with van der Waals surface area (Å²) in [6.07, 6.45) is -4.85. The molecule has 0 aliphatic heterocycles. The van der Waals surface area contributed by atoms with Gasteiger partial charge in [0.05, 0.1) is 21.6 Å². The second kappa shape index (κ2) is 6.56. The van der Waals surface area contributed by atoms with Crippen LogP contribution in [0.5, 0.6) is 0 Å². The van der Waals surface area contributed by atoms with Gasteiger partial charge < -0.3 is 9.67 Å². The molecule has 0 unspecified atom stereocenters. The van der Waals surface area contributed by atoms with Gasteiger partial charge in [0.25, 0.3) is 0 Å². The molecule has 142 valence electrons. The second-order valence-electron chi connectivity index (χ2n) is 6.56. The van der Waals surface area contributed by atoms with Crippen molar-refractivity contribution in [2.45, 2.75) is 32.5 Å². The molecule has 1 heterocycles. The molecule has 0 saturated carbocycles. The van der Waals surface area contributed by atoms with Gasteiger partial charge in [-0.1, -0.05) is 31.5 Å². The van der Waals surface area contributed by atoms with Crippen molar-refractivity contribution in [2.24, 2.45) is 0 Å². The molecule has 0 bridgehead atoms. The minimum absolute atomic E-state index is 0.0416. The molecule has 4 nitrogen and oxygen atoms in total. The van der Waals surface area contributed by atoms with Crippen LogP contribution in [0.4, 0.5) is 13.2 Å². The van der Waals surface area contributed by atoms with Gasteiger partial charge in [0.2, 0.25) is 0 Å². The molecule has 0 fully saturated rings. The number of nitrogens with zero attached hydrogens (tertiary/aromatic N) is 1. The van der Waals surface area contributed by atoms with Crippen molar-refractivity contribution in [3.05, 3.63) is 56.7 Å². The molecule has 0 amide bonds. The molecule has 2 aromatic carbocycles. The molecule has 3 aromatic rings. The number of carboxylic acid groups (broad SMARTS) is 1. The van der Waals surface area contributed by atoms with Crippen LogP contribution in [0.15, 0.2) is 35.1 Å². The summed E-state index contributed by atoms with van der Waals surface area (Å²) < 4.78 is 42.1. The monoisotopic (exact) mass is 397 g/mol. The zero-order valence-corrected chi connectivity index (χ0v) is 15.1. The van der Waals surface area contributed by atoms with Gasteiger partial charge in [-0.25, -0.2) is 0 Å². The van der Waals surface area contributed by atoms with Crippen LogP contribution in [-0.4, -0.2) is 15.6 Å². The summed E-state index contributed by atoms with van der Waals surface area (Å²) >= 11 is 5.80. The molecule has 27 heavy (non-hydrogen) atoms. The van der Waals surface area contributed by atoms with E-state index in [1.807, 2.05) is 13.8 Å². The van der Waals surface area contributed by atoms with Gasteiger partial charge in [0, 0.05) is 10.8 Å². The fourth-order valence-corrected chi connectivity index (χ4v) is 3.45. The maximum Gasteiger partial charge on any atom is 0.419 e. The first-order valence-corrected chi connectivity index (χ1v) is 8.47. The average molecular weight is 398 g/mol. The first kappa shape index (κ1) is 19.2. The number of hydrogen-bond donors (Lipinski definition) is 1. The van der Waals surface area contributed by atoms with Gasteiger partial charge >= 0.3 is 12.1 Å². The predicted molar refractivity (Wildman–Crippen MR) is 97.5 cm³/mol. The van der Waals surface area contributed by atoms with Crippen LogP contribution in [0.2, 0.25) is 5.02 Å². The Labute approximate surface area is 156 Å². The number of benzene rings is 2. The number of aromatic nitrogens is 1. The van der Waals surface area contributed by atoms with Crippen molar-refractivity contribution >= 4 is 39.4 Å². The van der Waals surface area contributed by atoms with E-state index < -0.39 is 40.2 Å². The molecule has 0 radical (unpaired) electrons. The van der Waals surface area contributed by atoms with E-state index in [0.717, 1.165) is 16.2 Å². The maximum absolute atomic E-state index is 13.7. The summed E-state index contributed by atoms with van der Waals surface area (Å²) in [5.74, 6) is -1.29. The number of rotatable bonds is 3. The van der Waals surface area contributed by atoms with E-state index in [0.29, 0.717) is 0 Å². The lowest BCUT2D eigenvalue weighted by Crippen LogP contribution is -2.20. The SMILES string of the molecule is CC(C)c1ccc2c(=O)c3ccc(Cl)c(C(F)(F)F)c3n(CC(=O)O)c2c1. The maximum atomic E-state index is 13.7. The highest BCUT2D eigenvalue weighted by atomic mass is 35.5. The van der Waals surface area contributed by atoms with E-state index in [4.69, 9.17) is 11.6 Å². The van der Waals surface area contributed by atoms with Crippen molar-refractivity contribution in [3.8, 4) is 0 Å². The Morgan fingerprint density at radius 1 is 1.19 bits per heavy atom. The summed E-state index contributed by atoms with van der Waals surface area (Å²) in [5.41, 5.74) is -1.42. The Morgan fingerprint density at radius 3 is 2.37 bits per heavy atom. The van der Waals surface area contributed by atoms with Gasteiger partial charge in [0.1, 0.15) is 6.54 Å². The third kappa shape index (κ3) is 3.27. The number of carbonyl (C=O) groups is 1. The molecule has 1 N–H and O–H groups in total. The molecule has 1 aromatic heterocycles. The Balaban J connectivity index is 2.64. The third-order valence-corrected chi connectivity index (χ3v) is 4.76. The zero-order valence-electron chi connectivity index (χ0n) is 14.4. The van der Waals surface area contributed by atoms with Gasteiger partial charge in [-0.3, -0.25) is 9.59 Å². The lowest BCUT2D eigenvalue weighted by molar-refractivity contribution is -0.139. The number of carboxylic acids is 1. The summed E-state index contributed by atoms with van der Waals surface area (Å²) in [6.45, 7) is 3.04. The Bertz CT molecular complexity index is 1130. The van der Waals surface area contributed by atoms with E-state index in [2.05, 4.69) is 0 Å². The standard InChI is InChI=1S/C19H15ClF3NO3/c1-9(2)10-3-4-11-14(7-10)24(8-15(25)26)17-12(18(11)27)5-6-13(20)16(17)19(21,22)23/h3-7,9H,8H2,1-2H3,(H,25,26). The minimum atomic E-state index is -4.85. The number of aliphatic carboxylic acids is 1. The predicted octanol–water partition coefficient (Wildman–Crippen LogP) is 5.03. The Kier molecular flexibility index (Phi) is 4.67. The summed E-state index contributed by atoms with van der Waals surface area (Å²) in [5, 5.41) is 8.63. The first-order valence-electron chi connectivity index (χ1n) is 8.10. The number of pyridine rings is 1. The second-order valence-corrected chi connectivity index (χ2v) is 6.96. The quantitative estimate of drug-likeness (QED) is 0.630. The van der Waals surface area contributed by atoms with Gasteiger partial charge in [-0.15, -0.1) is 0 Å². The van der Waals surface area contributed by atoms with Crippen LogP contribution in [0, 0.1) is 0 Å². The molecule has 0 aliphatic carbocycles. The number of hydrogen-bond acceptors (Lipinski definition) is 2. The van der Waals surface area contributed by atoms with E-state index >= 15 is 0 Å². The van der Waals surface area contributed by atoms with Crippen LogP contribution in [-0.2, 0) is 17.5 Å². The highest BCUT2D eigenvalue weighted by Gasteiger charge is 2.37. The van der Waals surface area contributed by atoms with Crippen LogP contribution in [0.1, 0.15) is 30.9 Å². The van der Waals surface area contributed by atoms with Crippen molar-refractivity contribution in [2.75, 3.05) is 0 Å². The van der Waals surface area contributed by atoms with Gasteiger partial charge in [0.15, 0.2) is 5.43 Å². The van der Waals surface area contributed by atoms with E-state index in [9.17, 15) is 27.9 Å². The molecule has 8 heteroatoms. The number of alkyl halides is 3. The Hall–Kier alpha value is -2.54. The zero-order chi connectivity index (χ0) is 20.1. The first-order chi connectivity index (χ1) is 12.5. The number of fused-ring (bicyclic) bond motifs is 2. The van der Waals surface area contributed by atoms with Crippen LogP contribution < -0.4 is 5.43 Å². The smallest absolute Gasteiger partial charge is 0.419 e. The molecule has 0 aliphatic rings. The van der Waals surface area contributed by atoms with E-state index in [-0.39, 0.29) is 22.2 Å². The molecule has 0 atom stereocenters. The normalized spacial score (nSPS) is 12.3. The average Bonchev–Trinajstić information content (AvgIpc) is 2.56. The highest BCUT2D eigenvalue weighted by molar-refractivity contribution is 6.32. The van der Waals surface area contributed by atoms with E-state index in [1.165, 1.54) is 12.1 Å². The Morgan fingerprint density at radius 2 is 1.81 bits per heavy atom. The fraction of sp³-hybridized carbons (Fsp3) is 0.263. The van der Waals surface area contributed by atoms with Crippen LogP contribution >= 0.6 is 11.6 Å². The topological polar surface area (TPSA) is 59.3 Å². The van der Waals surface area contributed by atoms with Crippen LogP contribution in [0.25, 0.3) is 21.8 Å². The van der Waals surface area contributed by atoms with Crippen molar-refractivity contribution in [1.82, 2.24) is 4.57 Å². The van der Waals surface area contributed by atoms with Gasteiger partial charge in [-0.2, -0.15) is 13.2 Å². The summed E-state index contributed by atoms with van der Waals surface area (Å²) in [7, 11) is 0. The molecular formula is C19H15ClF3NO3. The van der Waals surface area contributed by atoms with Crippen molar-refractivity contribution in [1.29, 1.82) is 0 Å². The fourth-order valence-electron chi connectivity index (χ4n) is 3.19. The third-order valence-electron chi connectivity index (χ3n) is 4.44. The lowest BCUT2D eigenvalue weighted by atomic mass is 9.99. The summed E-state index contributed by atoms with van der Waals surface area (Å²) in [6, 6.07) is 7.00. The molecule has 3 rings (SSSR count). The van der Waals surface area contributed by atoms with E-state index in [1.54, 1.807) is 12.1 Å². The lowest BCUT2D eigenvalue weighted by Gasteiger charge is -2.20. The molecule has 0 spiro atoms. The highest BCUT2D eigenvalue weighted by Crippen LogP contribution is 2.40. The minimum Gasteiger partial charge on any atom is -0.480 e. The molecule has 0 saturated heterocycles. The largest absolute Gasteiger partial charge is 0.480 e. The van der Waals surface area contributed by atoms with Crippen LogP contribution in [0.3, 0.4) is 0 Å². The number of halogens is 4. The molecular weight excluding hydrogens is 383 g/mol.